The van der Waals surface area contributed by atoms with Crippen molar-refractivity contribution in [2.24, 2.45) is 0 Å². The maximum absolute atomic E-state index is 12.7. The Morgan fingerprint density at radius 2 is 1.47 bits per heavy atom. The molecule has 3 aromatic rings. The summed E-state index contributed by atoms with van der Waals surface area (Å²) in [5, 5.41) is 5.87. The van der Waals surface area contributed by atoms with Gasteiger partial charge in [0.15, 0.2) is 5.82 Å². The molecule has 7 rings (SSSR count). The zero-order valence-electron chi connectivity index (χ0n) is 24.7. The number of nitrogens with zero attached hydrogens (tertiary/aromatic N) is 6. The number of likely N-dealkylation sites (tertiary alicyclic amines) is 1. The molecule has 1 aromatic heterocycles. The summed E-state index contributed by atoms with van der Waals surface area (Å²) in [7, 11) is 0. The van der Waals surface area contributed by atoms with Gasteiger partial charge in [0.2, 0.25) is 11.9 Å². The summed E-state index contributed by atoms with van der Waals surface area (Å²) in [5.41, 5.74) is 3.58. The van der Waals surface area contributed by atoms with Crippen molar-refractivity contribution < 1.29 is 14.3 Å². The zero-order valence-corrected chi connectivity index (χ0v) is 24.7. The van der Waals surface area contributed by atoms with Crippen molar-refractivity contribution in [3.8, 4) is 11.4 Å². The predicted molar refractivity (Wildman–Crippen MR) is 167 cm³/mol. The fraction of sp³-hybridized carbons (Fsp3) is 0.500. The molecule has 4 fully saturated rings. The second-order valence-corrected chi connectivity index (χ2v) is 12.0. The molecule has 2 N–H and O–H groups in total. The van der Waals surface area contributed by atoms with E-state index in [2.05, 4.69) is 44.4 Å². The molecule has 0 aliphatic carbocycles. The number of hydrogen-bond donors (Lipinski definition) is 2. The number of carbonyl (C=O) groups is 1. The second-order valence-electron chi connectivity index (χ2n) is 12.0. The van der Waals surface area contributed by atoms with E-state index in [1.54, 1.807) is 0 Å². The summed E-state index contributed by atoms with van der Waals surface area (Å²) < 4.78 is 11.5. The van der Waals surface area contributed by atoms with E-state index in [-0.39, 0.29) is 24.2 Å². The van der Waals surface area contributed by atoms with Gasteiger partial charge in [0.1, 0.15) is 0 Å². The number of morpholine rings is 2. The van der Waals surface area contributed by atoms with Crippen LogP contribution in [0.2, 0.25) is 0 Å². The largest absolute Gasteiger partial charge is 0.377 e. The number of aromatic nitrogens is 3. The van der Waals surface area contributed by atoms with Crippen LogP contribution in [0.15, 0.2) is 48.5 Å². The van der Waals surface area contributed by atoms with Gasteiger partial charge in [-0.1, -0.05) is 12.1 Å². The van der Waals surface area contributed by atoms with Gasteiger partial charge in [-0.15, -0.1) is 0 Å². The molecule has 2 amide bonds. The first-order valence-electron chi connectivity index (χ1n) is 15.6. The number of anilines is 4. The lowest BCUT2D eigenvalue weighted by atomic mass is 10.2. The summed E-state index contributed by atoms with van der Waals surface area (Å²) in [6, 6.07) is 16.2. The van der Waals surface area contributed by atoms with Gasteiger partial charge in [-0.25, -0.2) is 4.79 Å². The maximum atomic E-state index is 12.7. The number of nitrogens with one attached hydrogen (secondary N) is 2. The minimum absolute atomic E-state index is 0.171. The average molecular weight is 585 g/mol. The van der Waals surface area contributed by atoms with E-state index in [0.717, 1.165) is 37.2 Å². The summed E-state index contributed by atoms with van der Waals surface area (Å²) in [5.74, 6) is 2.01. The normalized spacial score (nSPS) is 23.9. The Morgan fingerprint density at radius 1 is 0.814 bits per heavy atom. The average Bonchev–Trinajstić information content (AvgIpc) is 3.63. The number of carbonyl (C=O) groups excluding carboxylic acids is 1. The van der Waals surface area contributed by atoms with Gasteiger partial charge in [0.25, 0.3) is 0 Å². The standard InChI is InChI=1S/C32H40N8O3/c1-22-19-42-17-16-39(22)30-35-29(36-31(37-30)40-27-12-13-28(40)21-43-20-27)24-6-10-26(11-7-24)34-32(41)33-25-8-4-23(5-9-25)18-38-14-2-3-15-38/h4-11,22,27-28H,2-3,12-21H2,1H3,(H2,33,34,41)/t22-,27?,28?/m1/s1. The topological polar surface area (TPSA) is 108 Å². The first kappa shape index (κ1) is 28.0. The van der Waals surface area contributed by atoms with Crippen molar-refractivity contribution in [3.63, 3.8) is 0 Å². The van der Waals surface area contributed by atoms with Gasteiger partial charge in [-0.3, -0.25) is 4.90 Å². The first-order valence-corrected chi connectivity index (χ1v) is 15.6. The molecule has 4 saturated heterocycles. The van der Waals surface area contributed by atoms with E-state index in [1.165, 1.54) is 31.5 Å². The van der Waals surface area contributed by atoms with Gasteiger partial charge in [-0.05, 0) is 87.7 Å². The molecule has 2 aromatic carbocycles. The van der Waals surface area contributed by atoms with Crippen LogP contribution in [0.4, 0.5) is 28.1 Å². The highest BCUT2D eigenvalue weighted by Gasteiger charge is 2.39. The van der Waals surface area contributed by atoms with Gasteiger partial charge in [0.05, 0.1) is 44.6 Å². The Labute approximate surface area is 252 Å². The molecule has 2 unspecified atom stereocenters. The number of amides is 2. The molecule has 43 heavy (non-hydrogen) atoms. The highest BCUT2D eigenvalue weighted by atomic mass is 16.5. The van der Waals surface area contributed by atoms with E-state index < -0.39 is 0 Å². The summed E-state index contributed by atoms with van der Waals surface area (Å²) in [6.07, 6.45) is 4.73. The molecule has 226 valence electrons. The lowest BCUT2D eigenvalue weighted by Gasteiger charge is -2.36. The molecular formula is C32H40N8O3. The Morgan fingerprint density at radius 3 is 2.14 bits per heavy atom. The fourth-order valence-corrected chi connectivity index (χ4v) is 6.59. The van der Waals surface area contributed by atoms with Crippen LogP contribution in [0.5, 0.6) is 0 Å². The molecule has 5 heterocycles. The third kappa shape index (κ3) is 6.29. The molecule has 11 heteroatoms. The van der Waals surface area contributed by atoms with Crippen LogP contribution in [0.25, 0.3) is 11.4 Å². The van der Waals surface area contributed by atoms with E-state index in [0.29, 0.717) is 49.8 Å². The van der Waals surface area contributed by atoms with Crippen molar-refractivity contribution in [2.75, 3.05) is 66.5 Å². The Kier molecular flexibility index (Phi) is 8.10. The molecule has 0 saturated carbocycles. The molecule has 0 spiro atoms. The Balaban J connectivity index is 1.05. The SMILES string of the molecule is C[C@@H]1COCCN1c1nc(-c2ccc(NC(=O)Nc3ccc(CN4CCCC4)cc3)cc2)nc(N2C3CCC2COC3)n1. The maximum Gasteiger partial charge on any atom is 0.323 e. The summed E-state index contributed by atoms with van der Waals surface area (Å²) >= 11 is 0. The van der Waals surface area contributed by atoms with Crippen LogP contribution in [-0.4, -0.2) is 90.1 Å². The third-order valence-corrected chi connectivity index (χ3v) is 8.93. The molecule has 2 bridgehead atoms. The zero-order chi connectivity index (χ0) is 29.2. The van der Waals surface area contributed by atoms with Crippen molar-refractivity contribution in [3.05, 3.63) is 54.1 Å². The van der Waals surface area contributed by atoms with Gasteiger partial charge in [-0.2, -0.15) is 15.0 Å². The smallest absolute Gasteiger partial charge is 0.323 e. The quantitative estimate of drug-likeness (QED) is 0.419. The molecule has 4 aliphatic rings. The summed E-state index contributed by atoms with van der Waals surface area (Å²) in [4.78, 5) is 34.6. The molecule has 11 nitrogen and oxygen atoms in total. The number of fused-ring (bicyclic) bond motifs is 2. The van der Waals surface area contributed by atoms with Crippen LogP contribution >= 0.6 is 0 Å². The van der Waals surface area contributed by atoms with Crippen LogP contribution in [-0.2, 0) is 16.0 Å². The molecular weight excluding hydrogens is 544 g/mol. The summed E-state index contributed by atoms with van der Waals surface area (Å²) in [6.45, 7) is 8.85. The van der Waals surface area contributed by atoms with Crippen molar-refractivity contribution in [2.45, 2.75) is 57.3 Å². The Hall–Kier alpha value is -3.80. The highest BCUT2D eigenvalue weighted by Crippen LogP contribution is 2.34. The number of rotatable bonds is 7. The minimum atomic E-state index is -0.283. The third-order valence-electron chi connectivity index (χ3n) is 8.93. The number of benzene rings is 2. The molecule has 4 aliphatic heterocycles. The Bertz CT molecular complexity index is 1400. The van der Waals surface area contributed by atoms with E-state index in [4.69, 9.17) is 24.4 Å². The lowest BCUT2D eigenvalue weighted by molar-refractivity contribution is 0.0895. The lowest BCUT2D eigenvalue weighted by Crippen LogP contribution is -2.48. The van der Waals surface area contributed by atoms with E-state index in [1.807, 2.05) is 36.4 Å². The molecule has 3 atom stereocenters. The first-order chi connectivity index (χ1) is 21.1. The van der Waals surface area contributed by atoms with Crippen LogP contribution < -0.4 is 20.4 Å². The van der Waals surface area contributed by atoms with Gasteiger partial charge < -0.3 is 29.9 Å². The number of ether oxygens (including phenoxy) is 2. The van der Waals surface area contributed by atoms with Crippen molar-refractivity contribution in [1.82, 2.24) is 19.9 Å². The minimum Gasteiger partial charge on any atom is -0.377 e. The van der Waals surface area contributed by atoms with E-state index in [9.17, 15) is 4.79 Å². The van der Waals surface area contributed by atoms with E-state index >= 15 is 0 Å². The predicted octanol–water partition coefficient (Wildman–Crippen LogP) is 4.37. The van der Waals surface area contributed by atoms with Crippen LogP contribution in [0, 0.1) is 0 Å². The van der Waals surface area contributed by atoms with Crippen LogP contribution in [0.3, 0.4) is 0 Å². The highest BCUT2D eigenvalue weighted by molar-refractivity contribution is 5.99. The number of hydrogen-bond acceptors (Lipinski definition) is 9. The van der Waals surface area contributed by atoms with Crippen LogP contribution in [0.1, 0.15) is 38.2 Å². The van der Waals surface area contributed by atoms with Crippen molar-refractivity contribution in [1.29, 1.82) is 0 Å². The monoisotopic (exact) mass is 584 g/mol. The number of urea groups is 1. The van der Waals surface area contributed by atoms with Gasteiger partial charge in [0, 0.05) is 30.0 Å². The van der Waals surface area contributed by atoms with Crippen molar-refractivity contribution >= 4 is 29.3 Å². The molecule has 0 radical (unpaired) electrons. The second kappa shape index (κ2) is 12.4. The fourth-order valence-electron chi connectivity index (χ4n) is 6.59. The van der Waals surface area contributed by atoms with Gasteiger partial charge >= 0.3 is 6.03 Å².